The van der Waals surface area contributed by atoms with Crippen LogP contribution in [0.3, 0.4) is 0 Å². The molecule has 8 rings (SSSR count). The lowest BCUT2D eigenvalue weighted by atomic mass is 10.2. The van der Waals surface area contributed by atoms with E-state index in [1.807, 2.05) is 119 Å². The Kier molecular flexibility index (Phi) is 11.3. The van der Waals surface area contributed by atoms with Crippen LogP contribution in [0.5, 0.6) is 0 Å². The molecule has 11 nitrogen and oxygen atoms in total. The molecule has 0 saturated heterocycles. The molecular formula is C47H48N10O. The number of rotatable bonds is 16. The van der Waals surface area contributed by atoms with Crippen molar-refractivity contribution in [1.29, 1.82) is 0 Å². The quantitative estimate of drug-likeness (QED) is 0.100. The van der Waals surface area contributed by atoms with Gasteiger partial charge in [-0.2, -0.15) is 0 Å². The van der Waals surface area contributed by atoms with Crippen molar-refractivity contribution in [2.45, 2.75) is 26.2 Å². The fraction of sp³-hybridized carbons (Fsp3) is 0.213. The molecule has 0 unspecified atom stereocenters. The van der Waals surface area contributed by atoms with Crippen molar-refractivity contribution in [3.63, 3.8) is 0 Å². The highest BCUT2D eigenvalue weighted by molar-refractivity contribution is 5.82. The molecule has 0 N–H and O–H groups in total. The Morgan fingerprint density at radius 2 is 0.621 bits per heavy atom. The summed E-state index contributed by atoms with van der Waals surface area (Å²) in [5, 5.41) is 0. The summed E-state index contributed by atoms with van der Waals surface area (Å²) in [4.78, 5) is 38.9. The summed E-state index contributed by atoms with van der Waals surface area (Å²) in [6.07, 6.45) is 8.21. The number of carbonyl (C=O) groups is 1. The normalized spacial score (nSPS) is 11.6. The second kappa shape index (κ2) is 17.2. The van der Waals surface area contributed by atoms with Crippen molar-refractivity contribution in [3.05, 3.63) is 169 Å². The number of aromatic nitrogens is 8. The van der Waals surface area contributed by atoms with E-state index in [0.717, 1.165) is 68.3 Å². The maximum Gasteiger partial charge on any atom is 0.160 e. The lowest BCUT2D eigenvalue weighted by Crippen LogP contribution is -2.37. The maximum atomic E-state index is 14.4. The van der Waals surface area contributed by atoms with E-state index >= 15 is 0 Å². The Morgan fingerprint density at radius 1 is 0.397 bits per heavy atom. The first-order valence-electron chi connectivity index (χ1n) is 19.5. The van der Waals surface area contributed by atoms with Gasteiger partial charge in [0.25, 0.3) is 0 Å². The third-order valence-electron chi connectivity index (χ3n) is 10.2. The van der Waals surface area contributed by atoms with Crippen LogP contribution in [0.4, 0.5) is 0 Å². The minimum absolute atomic E-state index is 0.0804. The minimum Gasteiger partial charge on any atom is -0.334 e. The smallest absolute Gasteiger partial charge is 0.160 e. The number of imidazole rings is 4. The van der Waals surface area contributed by atoms with E-state index in [1.54, 1.807) is 0 Å². The molecule has 0 saturated carbocycles. The Balaban J connectivity index is 1.07. The third kappa shape index (κ3) is 8.96. The number of nitrogens with zero attached hydrogens (tertiary/aromatic N) is 10. The molecule has 11 heteroatoms. The zero-order valence-corrected chi connectivity index (χ0v) is 33.5. The number of ketones is 1. The van der Waals surface area contributed by atoms with Crippen LogP contribution in [-0.4, -0.2) is 66.9 Å². The summed E-state index contributed by atoms with van der Waals surface area (Å²) in [5.41, 5.74) is 7.71. The second-order valence-electron chi connectivity index (χ2n) is 15.0. The van der Waals surface area contributed by atoms with E-state index in [-0.39, 0.29) is 18.9 Å². The molecule has 4 heterocycles. The third-order valence-corrected chi connectivity index (χ3v) is 10.2. The maximum absolute atomic E-state index is 14.4. The Hall–Kier alpha value is -6.69. The highest BCUT2D eigenvalue weighted by atomic mass is 16.1. The largest absolute Gasteiger partial charge is 0.334 e. The minimum atomic E-state index is 0.0804. The summed E-state index contributed by atoms with van der Waals surface area (Å²) in [5.74, 6) is 3.61. The van der Waals surface area contributed by atoms with Crippen molar-refractivity contribution in [2.75, 3.05) is 13.1 Å². The van der Waals surface area contributed by atoms with E-state index < -0.39 is 0 Å². The van der Waals surface area contributed by atoms with Gasteiger partial charge in [-0.3, -0.25) is 14.6 Å². The van der Waals surface area contributed by atoms with Crippen LogP contribution < -0.4 is 0 Å². The van der Waals surface area contributed by atoms with Crippen molar-refractivity contribution in [1.82, 2.24) is 48.0 Å². The average molecular weight is 769 g/mol. The summed E-state index contributed by atoms with van der Waals surface area (Å²) in [7, 11) is 8.05. The van der Waals surface area contributed by atoms with E-state index in [2.05, 4.69) is 83.1 Å². The Labute approximate surface area is 339 Å². The fourth-order valence-electron chi connectivity index (χ4n) is 7.64. The molecular weight excluding hydrogens is 721 g/mol. The van der Waals surface area contributed by atoms with Gasteiger partial charge in [0.05, 0.1) is 35.9 Å². The number of aryl methyl sites for hydroxylation is 4. The van der Waals surface area contributed by atoms with Crippen molar-refractivity contribution < 1.29 is 4.79 Å². The first-order valence-corrected chi connectivity index (χ1v) is 19.5. The molecule has 58 heavy (non-hydrogen) atoms. The molecule has 292 valence electrons. The standard InChI is InChI=1S/C47H48N10O/c1-52-25-39(48-44(52)35-17-9-5-10-18-35)29-56(30-40-26-53(2)45(49-40)36-19-11-6-12-20-36)33-43(58)34-57(31-41-27-54(3)46(50-41)37-21-13-7-14-22-37)32-42-28-55(4)47(51-42)38-23-15-8-16-24-38/h5-28H,29-34H2,1-4H3. The van der Waals surface area contributed by atoms with Gasteiger partial charge >= 0.3 is 0 Å². The summed E-state index contributed by atoms with van der Waals surface area (Å²) in [6, 6.07) is 40.7. The van der Waals surface area contributed by atoms with Crippen LogP contribution in [0, 0.1) is 0 Å². The predicted molar refractivity (Wildman–Crippen MR) is 228 cm³/mol. The molecule has 4 aromatic heterocycles. The Bertz CT molecular complexity index is 2240. The van der Waals surface area contributed by atoms with Gasteiger partial charge in [-0.1, -0.05) is 121 Å². The van der Waals surface area contributed by atoms with Gasteiger partial charge in [0.15, 0.2) is 5.78 Å². The molecule has 0 amide bonds. The lowest BCUT2D eigenvalue weighted by molar-refractivity contribution is -0.121. The van der Waals surface area contributed by atoms with Gasteiger partial charge in [-0.25, -0.2) is 19.9 Å². The van der Waals surface area contributed by atoms with E-state index in [0.29, 0.717) is 26.2 Å². The fourth-order valence-corrected chi connectivity index (χ4v) is 7.64. The molecule has 0 atom stereocenters. The monoisotopic (exact) mass is 768 g/mol. The van der Waals surface area contributed by atoms with Gasteiger partial charge in [0.2, 0.25) is 0 Å². The van der Waals surface area contributed by atoms with E-state index in [4.69, 9.17) is 19.9 Å². The van der Waals surface area contributed by atoms with E-state index in [9.17, 15) is 4.79 Å². The summed E-state index contributed by atoms with van der Waals surface area (Å²) >= 11 is 0. The first kappa shape index (κ1) is 38.2. The highest BCUT2D eigenvalue weighted by Gasteiger charge is 2.22. The predicted octanol–water partition coefficient (Wildman–Crippen LogP) is 7.56. The van der Waals surface area contributed by atoms with Crippen LogP contribution in [-0.2, 0) is 59.2 Å². The highest BCUT2D eigenvalue weighted by Crippen LogP contribution is 2.24. The van der Waals surface area contributed by atoms with Crippen LogP contribution in [0.1, 0.15) is 22.8 Å². The summed E-state index contributed by atoms with van der Waals surface area (Å²) < 4.78 is 8.20. The van der Waals surface area contributed by atoms with Crippen LogP contribution in [0.25, 0.3) is 45.6 Å². The Morgan fingerprint density at radius 3 is 0.845 bits per heavy atom. The average Bonchev–Trinajstić information content (AvgIpc) is 4.00. The topological polar surface area (TPSA) is 94.8 Å². The number of benzene rings is 4. The van der Waals surface area contributed by atoms with Gasteiger partial charge in [0.1, 0.15) is 23.3 Å². The van der Waals surface area contributed by atoms with Crippen molar-refractivity contribution >= 4 is 5.78 Å². The lowest BCUT2D eigenvalue weighted by Gasteiger charge is -2.23. The van der Waals surface area contributed by atoms with Gasteiger partial charge in [-0.05, 0) is 0 Å². The molecule has 0 aliphatic carbocycles. The van der Waals surface area contributed by atoms with Gasteiger partial charge < -0.3 is 18.3 Å². The second-order valence-corrected chi connectivity index (χ2v) is 15.0. The SMILES string of the molecule is Cn1cc(CN(CC(=O)CN(Cc2cn(C)c(-c3ccccc3)n2)Cc2cn(C)c(-c3ccccc3)n2)Cc2cn(C)c(-c3ccccc3)n2)nc1-c1ccccc1. The number of carbonyl (C=O) groups excluding carboxylic acids is 1. The molecule has 8 aromatic rings. The van der Waals surface area contributed by atoms with Gasteiger partial charge in [0, 0.05) is 101 Å². The molecule has 0 radical (unpaired) electrons. The van der Waals surface area contributed by atoms with Crippen molar-refractivity contribution in [2.24, 2.45) is 28.2 Å². The zero-order valence-electron chi connectivity index (χ0n) is 33.5. The molecule has 4 aromatic carbocycles. The van der Waals surface area contributed by atoms with Crippen LogP contribution >= 0.6 is 0 Å². The van der Waals surface area contributed by atoms with Crippen LogP contribution in [0.15, 0.2) is 146 Å². The van der Waals surface area contributed by atoms with Gasteiger partial charge in [-0.15, -0.1) is 0 Å². The van der Waals surface area contributed by atoms with Crippen LogP contribution in [0.2, 0.25) is 0 Å². The molecule has 0 spiro atoms. The molecule has 0 aliphatic rings. The number of hydrogen-bond donors (Lipinski definition) is 0. The summed E-state index contributed by atoms with van der Waals surface area (Å²) in [6.45, 7) is 2.33. The number of Topliss-reactive ketones (excluding diaryl/α,β-unsaturated/α-hetero) is 1. The van der Waals surface area contributed by atoms with Crippen molar-refractivity contribution in [3.8, 4) is 45.6 Å². The first-order chi connectivity index (χ1) is 28.3. The molecule has 0 aliphatic heterocycles. The zero-order chi connectivity index (χ0) is 40.0. The number of hydrogen-bond acceptors (Lipinski definition) is 7. The molecule has 0 bridgehead atoms. The van der Waals surface area contributed by atoms with E-state index in [1.165, 1.54) is 0 Å². The molecule has 0 fully saturated rings.